The molecule has 2 bridgehead atoms. The zero-order valence-corrected chi connectivity index (χ0v) is 22.0. The number of ether oxygens (including phenoxy) is 2. The Morgan fingerprint density at radius 1 is 1.03 bits per heavy atom. The summed E-state index contributed by atoms with van der Waals surface area (Å²) in [6.45, 7) is 9.19. The monoisotopic (exact) mass is 501 g/mol. The minimum atomic E-state index is -0.537. The van der Waals surface area contributed by atoms with Gasteiger partial charge in [-0.05, 0) is 70.3 Å². The number of amides is 2. The summed E-state index contributed by atoms with van der Waals surface area (Å²) in [4.78, 5) is 37.8. The minimum Gasteiger partial charge on any atom is -0.475 e. The van der Waals surface area contributed by atoms with Crippen LogP contribution in [0.5, 0.6) is 5.88 Å². The van der Waals surface area contributed by atoms with Gasteiger partial charge in [0.15, 0.2) is 0 Å². The third-order valence-corrected chi connectivity index (χ3v) is 7.81. The van der Waals surface area contributed by atoms with Crippen LogP contribution < -0.4 is 10.1 Å². The van der Waals surface area contributed by atoms with E-state index in [4.69, 9.17) is 9.47 Å². The maximum atomic E-state index is 13.4. The second-order valence-electron chi connectivity index (χ2n) is 10.4. The van der Waals surface area contributed by atoms with Gasteiger partial charge in [-0.1, -0.05) is 13.3 Å². The summed E-state index contributed by atoms with van der Waals surface area (Å²) >= 11 is 0. The predicted molar refractivity (Wildman–Crippen MR) is 138 cm³/mol. The molecule has 2 amide bonds. The van der Waals surface area contributed by atoms with Crippen LogP contribution in [0.25, 0.3) is 0 Å². The molecule has 1 atom stereocenters. The smallest absolute Gasteiger partial charge is 0.257 e. The van der Waals surface area contributed by atoms with Crippen LogP contribution in [0, 0.1) is 5.92 Å². The molecule has 0 spiro atoms. The first-order valence-corrected chi connectivity index (χ1v) is 13.7. The van der Waals surface area contributed by atoms with Crippen molar-refractivity contribution in [2.24, 2.45) is 5.92 Å². The number of pyridine rings is 1. The van der Waals surface area contributed by atoms with Crippen LogP contribution >= 0.6 is 0 Å². The summed E-state index contributed by atoms with van der Waals surface area (Å²) in [5.41, 5.74) is 0.347. The van der Waals surface area contributed by atoms with Crippen LogP contribution in [0.2, 0.25) is 0 Å². The highest BCUT2D eigenvalue weighted by atomic mass is 16.5. The summed E-state index contributed by atoms with van der Waals surface area (Å²) in [6.07, 6.45) is 7.42. The maximum Gasteiger partial charge on any atom is 0.257 e. The van der Waals surface area contributed by atoms with E-state index in [2.05, 4.69) is 27.1 Å². The summed E-state index contributed by atoms with van der Waals surface area (Å²) in [5.74, 6) is 0.552. The molecule has 0 aliphatic carbocycles. The van der Waals surface area contributed by atoms with E-state index >= 15 is 0 Å². The van der Waals surface area contributed by atoms with E-state index in [9.17, 15) is 9.59 Å². The van der Waals surface area contributed by atoms with Crippen LogP contribution in [0.15, 0.2) is 18.3 Å². The predicted octanol–water partition coefficient (Wildman–Crippen LogP) is 2.02. The number of aromatic nitrogens is 1. The fraction of sp³-hybridized carbons (Fsp3) is 0.741. The molecule has 9 nitrogen and oxygen atoms in total. The van der Waals surface area contributed by atoms with Crippen LogP contribution in [-0.2, 0) is 9.53 Å². The van der Waals surface area contributed by atoms with Crippen molar-refractivity contribution in [2.45, 2.75) is 57.5 Å². The maximum absolute atomic E-state index is 13.4. The van der Waals surface area contributed by atoms with Gasteiger partial charge in [-0.3, -0.25) is 14.5 Å². The average molecular weight is 502 g/mol. The fourth-order valence-corrected chi connectivity index (χ4v) is 5.61. The number of fused-ring (bicyclic) bond motifs is 12. The van der Waals surface area contributed by atoms with Gasteiger partial charge in [0, 0.05) is 38.4 Å². The van der Waals surface area contributed by atoms with E-state index in [0.717, 1.165) is 58.5 Å². The summed E-state index contributed by atoms with van der Waals surface area (Å²) in [7, 11) is 2.20. The number of carbonyl (C=O) groups excluding carboxylic acids is 2. The van der Waals surface area contributed by atoms with Crippen LogP contribution in [0.3, 0.4) is 0 Å². The number of hydrogen-bond donors (Lipinski definition) is 1. The van der Waals surface area contributed by atoms with Gasteiger partial charge in [-0.15, -0.1) is 0 Å². The Bertz CT molecular complexity index is 852. The number of carbonyl (C=O) groups is 2. The molecule has 4 aliphatic rings. The number of nitrogens with one attached hydrogen (secondary N) is 1. The van der Waals surface area contributed by atoms with Gasteiger partial charge in [-0.2, -0.15) is 0 Å². The lowest BCUT2D eigenvalue weighted by Gasteiger charge is -2.41. The lowest BCUT2D eigenvalue weighted by Crippen LogP contribution is -2.52. The normalized spacial score (nSPS) is 26.6. The highest BCUT2D eigenvalue weighted by Crippen LogP contribution is 2.24. The molecule has 0 aromatic carbocycles. The molecular formula is C27H43N5O4. The van der Waals surface area contributed by atoms with E-state index < -0.39 is 6.04 Å². The van der Waals surface area contributed by atoms with Gasteiger partial charge in [0.2, 0.25) is 11.8 Å². The molecule has 5 heterocycles. The Morgan fingerprint density at radius 2 is 1.81 bits per heavy atom. The second kappa shape index (κ2) is 13.4. The van der Waals surface area contributed by atoms with Gasteiger partial charge in [-0.25, -0.2) is 4.98 Å². The van der Waals surface area contributed by atoms with Crippen molar-refractivity contribution >= 4 is 11.8 Å². The highest BCUT2D eigenvalue weighted by molar-refractivity contribution is 5.99. The van der Waals surface area contributed by atoms with Gasteiger partial charge in [0.25, 0.3) is 5.91 Å². The Balaban J connectivity index is 1.49. The third kappa shape index (κ3) is 7.17. The molecule has 5 rings (SSSR count). The minimum absolute atomic E-state index is 0.0247. The van der Waals surface area contributed by atoms with E-state index in [-0.39, 0.29) is 17.7 Å². The van der Waals surface area contributed by atoms with Crippen molar-refractivity contribution in [1.82, 2.24) is 25.0 Å². The topological polar surface area (TPSA) is 87.2 Å². The molecule has 9 heteroatoms. The summed E-state index contributed by atoms with van der Waals surface area (Å²) in [6, 6.07) is 3.45. The molecule has 2 fully saturated rings. The Labute approximate surface area is 215 Å². The molecule has 0 unspecified atom stereocenters. The quantitative estimate of drug-likeness (QED) is 0.634. The molecule has 36 heavy (non-hydrogen) atoms. The molecule has 200 valence electrons. The van der Waals surface area contributed by atoms with Crippen molar-refractivity contribution in [3.63, 3.8) is 0 Å². The van der Waals surface area contributed by atoms with Crippen molar-refractivity contribution in [1.29, 1.82) is 0 Å². The lowest BCUT2D eigenvalue weighted by atomic mass is 9.93. The van der Waals surface area contributed by atoms with E-state index in [1.54, 1.807) is 18.3 Å². The van der Waals surface area contributed by atoms with Crippen molar-refractivity contribution in [2.75, 3.05) is 66.1 Å². The fourth-order valence-electron chi connectivity index (χ4n) is 5.61. The molecule has 2 saturated heterocycles. The van der Waals surface area contributed by atoms with Crippen molar-refractivity contribution in [3.8, 4) is 5.88 Å². The molecule has 1 N–H and O–H groups in total. The second-order valence-corrected chi connectivity index (χ2v) is 10.4. The SMILES string of the molecule is CCC[C@H]1NC(=O)c2cccnc2OCCOCCN(C2CCN(C)CC2)CC2CCN(CC2)C1=O. The van der Waals surface area contributed by atoms with Gasteiger partial charge in [0.1, 0.15) is 18.2 Å². The molecule has 0 saturated carbocycles. The van der Waals surface area contributed by atoms with Crippen LogP contribution in [0.1, 0.15) is 55.8 Å². The largest absolute Gasteiger partial charge is 0.475 e. The standard InChI is InChI=1S/C27H43N5O4/c1-3-5-24-27(34)31-14-7-21(8-15-31)20-32(22-9-12-30(2)13-10-22)16-17-35-18-19-36-26-23(25(33)29-24)6-4-11-28-26/h4,6,11,21-22,24H,3,5,7-10,12-20H2,1-2H3,(H,29,33)/t24-/m1/s1. The highest BCUT2D eigenvalue weighted by Gasteiger charge is 2.32. The first kappa shape index (κ1) is 26.8. The molecular weight excluding hydrogens is 458 g/mol. The van der Waals surface area contributed by atoms with Crippen molar-refractivity contribution in [3.05, 3.63) is 23.9 Å². The molecule has 1 aromatic heterocycles. The number of nitrogens with zero attached hydrogens (tertiary/aromatic N) is 4. The average Bonchev–Trinajstić information content (AvgIpc) is 2.90. The number of rotatable bonds is 3. The Kier molecular flexibility index (Phi) is 9.95. The molecule has 4 aliphatic heterocycles. The number of likely N-dealkylation sites (tertiary alicyclic amines) is 1. The van der Waals surface area contributed by atoms with E-state index in [1.165, 1.54) is 12.8 Å². The first-order valence-electron chi connectivity index (χ1n) is 13.7. The summed E-state index contributed by atoms with van der Waals surface area (Å²) < 4.78 is 11.8. The lowest BCUT2D eigenvalue weighted by molar-refractivity contribution is -0.135. The number of hydrogen-bond acceptors (Lipinski definition) is 7. The van der Waals surface area contributed by atoms with Gasteiger partial charge >= 0.3 is 0 Å². The number of piperidine rings is 2. The van der Waals surface area contributed by atoms with Crippen LogP contribution in [-0.4, -0.2) is 110 Å². The summed E-state index contributed by atoms with van der Waals surface area (Å²) in [5, 5.41) is 2.97. The molecule has 0 radical (unpaired) electrons. The van der Waals surface area contributed by atoms with Gasteiger partial charge < -0.3 is 24.6 Å². The Hall–Kier alpha value is -2.23. The van der Waals surface area contributed by atoms with E-state index in [0.29, 0.717) is 43.8 Å². The van der Waals surface area contributed by atoms with Gasteiger partial charge in [0.05, 0.1) is 13.2 Å². The zero-order chi connectivity index (χ0) is 25.3. The Morgan fingerprint density at radius 3 is 2.56 bits per heavy atom. The third-order valence-electron chi connectivity index (χ3n) is 7.81. The first-order chi connectivity index (χ1) is 17.5. The molecule has 1 aromatic rings. The van der Waals surface area contributed by atoms with Crippen LogP contribution in [0.4, 0.5) is 0 Å². The van der Waals surface area contributed by atoms with E-state index in [1.807, 2.05) is 11.8 Å². The zero-order valence-electron chi connectivity index (χ0n) is 22.0. The van der Waals surface area contributed by atoms with Crippen molar-refractivity contribution < 1.29 is 19.1 Å².